The molecule has 1 aliphatic carbocycles. The highest BCUT2D eigenvalue weighted by Gasteiger charge is 2.36. The molecule has 1 aliphatic heterocycles. The minimum absolute atomic E-state index is 0.0478. The fourth-order valence-corrected chi connectivity index (χ4v) is 7.02. The summed E-state index contributed by atoms with van der Waals surface area (Å²) in [4.78, 5) is 52.3. The van der Waals surface area contributed by atoms with Gasteiger partial charge in [-0.25, -0.2) is 9.79 Å². The number of guanidine groups is 1. The van der Waals surface area contributed by atoms with Crippen molar-refractivity contribution in [2.24, 2.45) is 16.6 Å². The molecule has 0 spiro atoms. The molecule has 274 valence electrons. The van der Waals surface area contributed by atoms with Crippen LogP contribution in [-0.4, -0.2) is 79.6 Å². The number of fused-ring (bicyclic) bond motifs is 1. The van der Waals surface area contributed by atoms with Crippen LogP contribution in [0.4, 0.5) is 21.9 Å². The summed E-state index contributed by atoms with van der Waals surface area (Å²) < 4.78 is 12.0. The molecule has 50 heavy (non-hydrogen) atoms. The summed E-state index contributed by atoms with van der Waals surface area (Å²) in [5.41, 5.74) is 8.38. The Balaban J connectivity index is 1.65. The molecule has 11 nitrogen and oxygen atoms in total. The van der Waals surface area contributed by atoms with Crippen LogP contribution in [0.5, 0.6) is 5.75 Å². The van der Waals surface area contributed by atoms with Crippen LogP contribution in [0.25, 0.3) is 0 Å². The number of hydrogen-bond acceptors (Lipinski definition) is 8. The smallest absolute Gasteiger partial charge is 0.331 e. The molecule has 1 unspecified atom stereocenters. The van der Waals surface area contributed by atoms with Crippen LogP contribution >= 0.6 is 0 Å². The number of anilines is 2. The SMILES string of the molecule is CCCCC(CCOc1ccc2c(c1)CN(CC(=O)OC(C)(C)CCC)C(N(C)C(=O)N(c1ccccc1N(C)C)C1CCCC1)=N2)C(N)=O. The lowest BCUT2D eigenvalue weighted by atomic mass is 9.98. The number of nitrogens with zero attached hydrogens (tertiary/aromatic N) is 5. The Morgan fingerprint density at radius 2 is 1.70 bits per heavy atom. The Kier molecular flexibility index (Phi) is 13.5. The van der Waals surface area contributed by atoms with Crippen molar-refractivity contribution in [3.8, 4) is 5.75 Å². The van der Waals surface area contributed by atoms with Gasteiger partial charge >= 0.3 is 12.0 Å². The van der Waals surface area contributed by atoms with Gasteiger partial charge in [0.05, 0.1) is 23.7 Å². The molecule has 1 fully saturated rings. The van der Waals surface area contributed by atoms with Gasteiger partial charge in [0.25, 0.3) is 0 Å². The first-order valence-electron chi connectivity index (χ1n) is 18.3. The maximum Gasteiger partial charge on any atom is 0.331 e. The van der Waals surface area contributed by atoms with E-state index in [9.17, 15) is 14.4 Å². The molecular weight excluding hydrogens is 632 g/mol. The molecule has 2 N–H and O–H groups in total. The summed E-state index contributed by atoms with van der Waals surface area (Å²) in [5.74, 6) is 0.119. The minimum Gasteiger partial charge on any atom is -0.494 e. The first-order chi connectivity index (χ1) is 23.8. The summed E-state index contributed by atoms with van der Waals surface area (Å²) in [6.07, 6.45) is 8.82. The molecule has 0 bridgehead atoms. The van der Waals surface area contributed by atoms with E-state index in [0.717, 1.165) is 74.7 Å². The Bertz CT molecular complexity index is 1500. The van der Waals surface area contributed by atoms with Crippen molar-refractivity contribution in [3.63, 3.8) is 0 Å². The quantitative estimate of drug-likeness (QED) is 0.184. The molecule has 1 heterocycles. The molecule has 0 aromatic heterocycles. The number of esters is 1. The van der Waals surface area contributed by atoms with Crippen LogP contribution in [0.2, 0.25) is 0 Å². The van der Waals surface area contributed by atoms with E-state index < -0.39 is 5.60 Å². The number of hydrogen-bond donors (Lipinski definition) is 1. The maximum atomic E-state index is 14.7. The van der Waals surface area contributed by atoms with Crippen molar-refractivity contribution in [2.75, 3.05) is 44.1 Å². The molecule has 2 aliphatic rings. The van der Waals surface area contributed by atoms with Gasteiger partial charge in [0.2, 0.25) is 11.9 Å². The average Bonchev–Trinajstić information content (AvgIpc) is 3.59. The third-order valence-electron chi connectivity index (χ3n) is 9.63. The van der Waals surface area contributed by atoms with E-state index >= 15 is 0 Å². The Morgan fingerprint density at radius 3 is 2.34 bits per heavy atom. The van der Waals surface area contributed by atoms with Gasteiger partial charge in [-0.1, -0.05) is 58.1 Å². The van der Waals surface area contributed by atoms with Crippen LogP contribution in [0.3, 0.4) is 0 Å². The lowest BCUT2D eigenvalue weighted by Gasteiger charge is -2.39. The van der Waals surface area contributed by atoms with Gasteiger partial charge < -0.3 is 25.0 Å². The highest BCUT2D eigenvalue weighted by molar-refractivity contribution is 6.06. The van der Waals surface area contributed by atoms with E-state index in [2.05, 4.69) is 13.8 Å². The predicted molar refractivity (Wildman–Crippen MR) is 200 cm³/mol. The van der Waals surface area contributed by atoms with E-state index in [1.807, 2.05) is 85.1 Å². The summed E-state index contributed by atoms with van der Waals surface area (Å²) in [6, 6.07) is 13.5. The number of carbonyl (C=O) groups excluding carboxylic acids is 3. The first kappa shape index (κ1) is 38.5. The second kappa shape index (κ2) is 17.6. The largest absolute Gasteiger partial charge is 0.494 e. The number of nitrogens with two attached hydrogens (primary N) is 1. The van der Waals surface area contributed by atoms with Crippen molar-refractivity contribution < 1.29 is 23.9 Å². The standard InChI is InChI=1S/C39H58N6O5/c1-8-10-15-28(36(40)47)22-24-49-31-20-21-32-29(25-31)26-44(27-35(46)50-39(3,4)23-9-2)37(41-32)43(7)38(48)45(30-16-11-12-17-30)34-19-14-13-18-33(34)42(5)6/h13-14,18-21,25,28,30H,8-12,15-17,22-24,26-27H2,1-7H3,(H2,40,47). The van der Waals surface area contributed by atoms with Gasteiger partial charge in [0.1, 0.15) is 17.9 Å². The third kappa shape index (κ3) is 9.91. The Hall–Kier alpha value is -4.28. The van der Waals surface area contributed by atoms with Crippen molar-refractivity contribution >= 4 is 40.9 Å². The molecule has 0 saturated heterocycles. The average molecular weight is 691 g/mol. The van der Waals surface area contributed by atoms with E-state index in [1.165, 1.54) is 0 Å². The zero-order chi connectivity index (χ0) is 36.4. The summed E-state index contributed by atoms with van der Waals surface area (Å²) >= 11 is 0. The number of para-hydroxylation sites is 2. The van der Waals surface area contributed by atoms with Crippen molar-refractivity contribution in [1.29, 1.82) is 0 Å². The highest BCUT2D eigenvalue weighted by Crippen LogP contribution is 2.36. The fourth-order valence-electron chi connectivity index (χ4n) is 7.02. The van der Waals surface area contributed by atoms with Crippen molar-refractivity contribution in [2.45, 2.75) is 110 Å². The number of unbranched alkanes of at least 4 members (excludes halogenated alkanes) is 1. The molecule has 0 radical (unpaired) electrons. The molecular formula is C39H58N6O5. The van der Waals surface area contributed by atoms with Gasteiger partial charge in [-0.2, -0.15) is 0 Å². The predicted octanol–water partition coefficient (Wildman–Crippen LogP) is 7.24. The van der Waals surface area contributed by atoms with Crippen molar-refractivity contribution in [3.05, 3.63) is 48.0 Å². The van der Waals surface area contributed by atoms with E-state index in [4.69, 9.17) is 20.2 Å². The third-order valence-corrected chi connectivity index (χ3v) is 9.63. The van der Waals surface area contributed by atoms with Gasteiger partial charge in [0, 0.05) is 45.2 Å². The monoisotopic (exact) mass is 690 g/mol. The highest BCUT2D eigenvalue weighted by atomic mass is 16.6. The zero-order valence-electron chi connectivity index (χ0n) is 31.2. The molecule has 11 heteroatoms. The number of primary amides is 1. The second-order valence-electron chi connectivity index (χ2n) is 14.5. The van der Waals surface area contributed by atoms with Gasteiger partial charge in [-0.3, -0.25) is 19.4 Å². The summed E-state index contributed by atoms with van der Waals surface area (Å²) in [5, 5.41) is 0. The van der Waals surface area contributed by atoms with Crippen LogP contribution in [0, 0.1) is 5.92 Å². The number of benzene rings is 2. The molecule has 3 amide bonds. The number of amides is 3. The van der Waals surface area contributed by atoms with Crippen LogP contribution in [0.1, 0.15) is 97.5 Å². The van der Waals surface area contributed by atoms with Gasteiger partial charge in [0.15, 0.2) is 0 Å². The van der Waals surface area contributed by atoms with Gasteiger partial charge in [-0.15, -0.1) is 0 Å². The molecule has 1 saturated carbocycles. The maximum absolute atomic E-state index is 14.7. The van der Waals surface area contributed by atoms with E-state index in [-0.39, 0.29) is 36.4 Å². The number of aliphatic imine (C=N–C) groups is 1. The van der Waals surface area contributed by atoms with Crippen LogP contribution in [0.15, 0.2) is 47.5 Å². The Labute approximate surface area is 298 Å². The molecule has 2 aromatic rings. The lowest BCUT2D eigenvalue weighted by molar-refractivity contribution is -0.157. The number of rotatable bonds is 16. The number of ether oxygens (including phenoxy) is 2. The normalized spacial score (nSPS) is 15.2. The summed E-state index contributed by atoms with van der Waals surface area (Å²) in [7, 11) is 5.70. The number of urea groups is 1. The van der Waals surface area contributed by atoms with Crippen molar-refractivity contribution in [1.82, 2.24) is 9.80 Å². The number of carbonyl (C=O) groups is 3. The van der Waals surface area contributed by atoms with Crippen LogP contribution < -0.4 is 20.3 Å². The summed E-state index contributed by atoms with van der Waals surface area (Å²) in [6.45, 7) is 8.59. The fraction of sp³-hybridized carbons (Fsp3) is 0.590. The van der Waals surface area contributed by atoms with Gasteiger partial charge in [-0.05, 0) is 76.3 Å². The van der Waals surface area contributed by atoms with Crippen LogP contribution in [-0.2, 0) is 20.9 Å². The first-order valence-corrected chi connectivity index (χ1v) is 18.3. The van der Waals surface area contributed by atoms with E-state index in [1.54, 1.807) is 11.9 Å². The molecule has 4 rings (SSSR count). The molecule has 2 aromatic carbocycles. The minimum atomic E-state index is -0.616. The lowest BCUT2D eigenvalue weighted by Crippen LogP contribution is -2.54. The topological polar surface area (TPSA) is 121 Å². The zero-order valence-corrected chi connectivity index (χ0v) is 31.2. The second-order valence-corrected chi connectivity index (χ2v) is 14.5. The molecule has 1 atom stereocenters. The Morgan fingerprint density at radius 1 is 1.00 bits per heavy atom. The van der Waals surface area contributed by atoms with E-state index in [0.29, 0.717) is 37.0 Å².